The van der Waals surface area contributed by atoms with Gasteiger partial charge in [0.05, 0.1) is 6.61 Å². The molecule has 0 spiro atoms. The van der Waals surface area contributed by atoms with Crippen LogP contribution in [0.4, 0.5) is 0 Å². The van der Waals surface area contributed by atoms with Crippen LogP contribution in [-0.2, 0) is 14.3 Å². The van der Waals surface area contributed by atoms with Crippen LogP contribution < -0.4 is 5.32 Å². The molecule has 174 valence electrons. The monoisotopic (exact) mass is 455 g/mol. The van der Waals surface area contributed by atoms with Gasteiger partial charge >= 0.3 is 11.9 Å². The number of hydrogen-bond donors (Lipinski definition) is 4. The Hall–Kier alpha value is -3.66. The first-order valence-electron chi connectivity index (χ1n) is 9.97. The smallest absolute Gasteiger partial charge is 0.348 e. The average molecular weight is 455 g/mol. The quantitative estimate of drug-likeness (QED) is 0.200. The highest BCUT2D eigenvalue weighted by molar-refractivity contribution is 6.28. The van der Waals surface area contributed by atoms with Gasteiger partial charge < -0.3 is 25.4 Å². The summed E-state index contributed by atoms with van der Waals surface area (Å²) in [5.41, 5.74) is -7.86. The van der Waals surface area contributed by atoms with E-state index in [0.29, 0.717) is 0 Å². The number of rotatable bonds is 13. The molecule has 9 nitrogen and oxygen atoms in total. The van der Waals surface area contributed by atoms with Crippen molar-refractivity contribution in [2.45, 2.75) is 23.7 Å². The van der Waals surface area contributed by atoms with Crippen LogP contribution in [0.15, 0.2) is 73.3 Å². The molecule has 0 radical (unpaired) electrons. The normalized spacial score (nSPS) is 15.5. The van der Waals surface area contributed by atoms with Gasteiger partial charge in [-0.25, -0.2) is 9.59 Å². The van der Waals surface area contributed by atoms with E-state index in [9.17, 15) is 34.5 Å². The standard InChI is InChI=1S/C24H25NO8/c1-3-10-18(25-2)15-33-24(22(30)31,20(27)17-13-8-5-9-14-17)23(32,21(28)29)19(26)16-11-6-4-7-12-16/h3-9,11-14,18,25,32H,1,10,15H2,2H3,(H,28,29)(H,30,31)/t18-,23?,24?/m0/s1. The van der Waals surface area contributed by atoms with Gasteiger partial charge in [0.25, 0.3) is 11.2 Å². The van der Waals surface area contributed by atoms with Crippen LogP contribution in [0, 0.1) is 0 Å². The number of hydrogen-bond acceptors (Lipinski definition) is 7. The Balaban J connectivity index is 2.79. The summed E-state index contributed by atoms with van der Waals surface area (Å²) in [7, 11) is 1.54. The molecule has 2 rings (SSSR count). The van der Waals surface area contributed by atoms with Crippen LogP contribution in [0.2, 0.25) is 0 Å². The first-order chi connectivity index (χ1) is 15.7. The average Bonchev–Trinajstić information content (AvgIpc) is 2.83. The van der Waals surface area contributed by atoms with Crippen molar-refractivity contribution in [2.75, 3.05) is 13.7 Å². The van der Waals surface area contributed by atoms with E-state index in [1.54, 1.807) is 12.1 Å². The van der Waals surface area contributed by atoms with Gasteiger partial charge in [0.1, 0.15) is 0 Å². The molecule has 0 aromatic heterocycles. The third kappa shape index (κ3) is 4.75. The van der Waals surface area contributed by atoms with Crippen molar-refractivity contribution in [3.8, 4) is 0 Å². The third-order valence-electron chi connectivity index (χ3n) is 5.20. The Morgan fingerprint density at radius 1 is 0.939 bits per heavy atom. The van der Waals surface area contributed by atoms with Crippen LogP contribution in [0.5, 0.6) is 0 Å². The number of ether oxygens (including phenoxy) is 1. The van der Waals surface area contributed by atoms with Gasteiger partial charge in [-0.05, 0) is 13.5 Å². The fourth-order valence-electron chi connectivity index (χ4n) is 3.34. The van der Waals surface area contributed by atoms with Gasteiger partial charge in [0.2, 0.25) is 11.6 Å². The number of carboxylic acid groups (broad SMARTS) is 2. The van der Waals surface area contributed by atoms with Crippen LogP contribution in [0.3, 0.4) is 0 Å². The number of ketones is 2. The maximum Gasteiger partial charge on any atom is 0.348 e. The second kappa shape index (κ2) is 10.8. The summed E-state index contributed by atoms with van der Waals surface area (Å²) < 4.78 is 5.47. The summed E-state index contributed by atoms with van der Waals surface area (Å²) in [6, 6.07) is 13.0. The van der Waals surface area contributed by atoms with Crippen molar-refractivity contribution in [1.29, 1.82) is 0 Å². The Kier molecular flexibility index (Phi) is 8.36. The SMILES string of the molecule is C=CC[C@@H](COC(C(=O)O)(C(=O)c1ccccc1)C(O)(C(=O)O)C(=O)c1ccccc1)NC. The molecule has 0 fully saturated rings. The van der Waals surface area contributed by atoms with E-state index in [-0.39, 0.29) is 17.5 Å². The highest BCUT2D eigenvalue weighted by Crippen LogP contribution is 2.35. The molecule has 2 unspecified atom stereocenters. The lowest BCUT2D eigenvalue weighted by molar-refractivity contribution is -0.197. The Labute approximate surface area is 190 Å². The molecule has 0 aliphatic rings. The minimum atomic E-state index is -3.79. The van der Waals surface area contributed by atoms with Crippen LogP contribution in [-0.4, -0.2) is 69.7 Å². The molecule has 0 saturated heterocycles. The van der Waals surface area contributed by atoms with Crippen molar-refractivity contribution in [3.05, 3.63) is 84.4 Å². The molecule has 4 N–H and O–H groups in total. The number of carboxylic acids is 2. The topological polar surface area (TPSA) is 150 Å². The fraction of sp³-hybridized carbons (Fsp3) is 0.250. The molecule has 0 heterocycles. The van der Waals surface area contributed by atoms with E-state index < -0.39 is 47.4 Å². The zero-order chi connectivity index (χ0) is 24.6. The van der Waals surface area contributed by atoms with Gasteiger partial charge in [-0.3, -0.25) is 9.59 Å². The maximum absolute atomic E-state index is 13.5. The molecule has 0 saturated carbocycles. The molecule has 2 aromatic carbocycles. The lowest BCUT2D eigenvalue weighted by Gasteiger charge is -2.39. The fourth-order valence-corrected chi connectivity index (χ4v) is 3.34. The van der Waals surface area contributed by atoms with Gasteiger partial charge in [-0.15, -0.1) is 6.58 Å². The molecule has 0 amide bonds. The summed E-state index contributed by atoms with van der Waals surface area (Å²) in [6.07, 6.45) is 1.77. The Morgan fingerprint density at radius 3 is 1.82 bits per heavy atom. The van der Waals surface area contributed by atoms with Gasteiger partial charge in [0.15, 0.2) is 0 Å². The van der Waals surface area contributed by atoms with E-state index in [2.05, 4.69) is 11.9 Å². The highest BCUT2D eigenvalue weighted by Gasteiger charge is 2.71. The molecule has 9 heteroatoms. The Bertz CT molecular complexity index is 1020. The number of aliphatic hydroxyl groups is 1. The van der Waals surface area contributed by atoms with Crippen LogP contribution >= 0.6 is 0 Å². The molecule has 0 bridgehead atoms. The minimum absolute atomic E-state index is 0.259. The van der Waals surface area contributed by atoms with E-state index in [0.717, 1.165) is 0 Å². The molecular weight excluding hydrogens is 430 g/mol. The first kappa shape index (κ1) is 25.6. The van der Waals surface area contributed by atoms with E-state index in [4.69, 9.17) is 4.74 Å². The van der Waals surface area contributed by atoms with E-state index >= 15 is 0 Å². The highest BCUT2D eigenvalue weighted by atomic mass is 16.6. The Morgan fingerprint density at radius 2 is 1.42 bits per heavy atom. The van der Waals surface area contributed by atoms with E-state index in [1.165, 1.54) is 61.7 Å². The number of nitrogens with one attached hydrogen (secondary N) is 1. The number of carbonyl (C=O) groups is 4. The number of aliphatic carboxylic acids is 2. The van der Waals surface area contributed by atoms with Crippen molar-refractivity contribution in [1.82, 2.24) is 5.32 Å². The second-order valence-electron chi connectivity index (χ2n) is 7.21. The number of benzene rings is 2. The number of likely N-dealkylation sites (N-methyl/N-ethyl adjacent to an activating group) is 1. The lowest BCUT2D eigenvalue weighted by atomic mass is 9.72. The lowest BCUT2D eigenvalue weighted by Crippen LogP contribution is -2.73. The largest absolute Gasteiger partial charge is 0.479 e. The van der Waals surface area contributed by atoms with Gasteiger partial charge in [-0.1, -0.05) is 66.7 Å². The van der Waals surface area contributed by atoms with Crippen molar-refractivity contribution in [3.63, 3.8) is 0 Å². The summed E-state index contributed by atoms with van der Waals surface area (Å²) in [5.74, 6) is -7.27. The minimum Gasteiger partial charge on any atom is -0.479 e. The molecule has 0 aliphatic heterocycles. The van der Waals surface area contributed by atoms with Crippen LogP contribution in [0.1, 0.15) is 27.1 Å². The maximum atomic E-state index is 13.5. The molecule has 0 aliphatic carbocycles. The third-order valence-corrected chi connectivity index (χ3v) is 5.20. The molecular formula is C24H25NO8. The zero-order valence-corrected chi connectivity index (χ0v) is 17.9. The molecule has 3 atom stereocenters. The molecule has 2 aromatic rings. The van der Waals surface area contributed by atoms with Crippen molar-refractivity contribution in [2.24, 2.45) is 0 Å². The number of carbonyl (C=O) groups excluding carboxylic acids is 2. The van der Waals surface area contributed by atoms with E-state index in [1.807, 2.05) is 0 Å². The summed E-state index contributed by atoms with van der Waals surface area (Å²) in [4.78, 5) is 51.8. The predicted octanol–water partition coefficient (Wildman–Crippen LogP) is 1.57. The summed E-state index contributed by atoms with van der Waals surface area (Å²) >= 11 is 0. The van der Waals surface area contributed by atoms with Gasteiger partial charge in [0, 0.05) is 17.2 Å². The van der Waals surface area contributed by atoms with Crippen molar-refractivity contribution >= 4 is 23.5 Å². The summed E-state index contributed by atoms with van der Waals surface area (Å²) in [5, 5.41) is 34.3. The first-order valence-corrected chi connectivity index (χ1v) is 9.97. The predicted molar refractivity (Wildman–Crippen MR) is 118 cm³/mol. The second-order valence-corrected chi connectivity index (χ2v) is 7.21. The molecule has 33 heavy (non-hydrogen) atoms. The number of Topliss-reactive ketones (excluding diaryl/α,β-unsaturated/α-hetero) is 2. The van der Waals surface area contributed by atoms with Crippen molar-refractivity contribution < 1.29 is 39.2 Å². The summed E-state index contributed by atoms with van der Waals surface area (Å²) in [6.45, 7) is 3.06. The van der Waals surface area contributed by atoms with Gasteiger partial charge in [-0.2, -0.15) is 0 Å². The zero-order valence-electron chi connectivity index (χ0n) is 17.9. The van der Waals surface area contributed by atoms with Crippen LogP contribution in [0.25, 0.3) is 0 Å².